The molecule has 3 nitrogen and oxygen atoms in total. The number of aromatic nitrogens is 2. The SMILES string of the molecule is CNc1nc(CC2CC2)nc2scc(-c3ccccc3)c12. The van der Waals surface area contributed by atoms with Gasteiger partial charge in [0.15, 0.2) is 0 Å². The highest BCUT2D eigenvalue weighted by Crippen LogP contribution is 2.38. The molecule has 1 aliphatic carbocycles. The lowest BCUT2D eigenvalue weighted by Crippen LogP contribution is -2.01. The molecule has 0 bridgehead atoms. The molecule has 1 aromatic carbocycles. The molecule has 1 saturated carbocycles. The molecule has 0 amide bonds. The van der Waals surface area contributed by atoms with Crippen molar-refractivity contribution >= 4 is 27.4 Å². The van der Waals surface area contributed by atoms with E-state index in [1.54, 1.807) is 11.3 Å². The van der Waals surface area contributed by atoms with Crippen LogP contribution in [0.3, 0.4) is 0 Å². The number of nitrogens with zero attached hydrogens (tertiary/aromatic N) is 2. The van der Waals surface area contributed by atoms with Crippen LogP contribution in [0.2, 0.25) is 0 Å². The Labute approximate surface area is 128 Å². The Morgan fingerprint density at radius 1 is 1.19 bits per heavy atom. The van der Waals surface area contributed by atoms with Crippen LogP contribution in [-0.4, -0.2) is 17.0 Å². The third-order valence-corrected chi connectivity index (χ3v) is 4.84. The Morgan fingerprint density at radius 3 is 2.71 bits per heavy atom. The van der Waals surface area contributed by atoms with Crippen LogP contribution in [0.4, 0.5) is 5.82 Å². The zero-order valence-electron chi connectivity index (χ0n) is 12.0. The third-order valence-electron chi connectivity index (χ3n) is 3.97. The Bertz CT molecular complexity index is 775. The van der Waals surface area contributed by atoms with Gasteiger partial charge in [-0.05, 0) is 24.3 Å². The van der Waals surface area contributed by atoms with Crippen LogP contribution in [0, 0.1) is 5.92 Å². The Kier molecular flexibility index (Phi) is 3.11. The quantitative estimate of drug-likeness (QED) is 0.777. The van der Waals surface area contributed by atoms with Crippen molar-refractivity contribution in [1.29, 1.82) is 0 Å². The Hall–Kier alpha value is -1.94. The fourth-order valence-electron chi connectivity index (χ4n) is 2.67. The summed E-state index contributed by atoms with van der Waals surface area (Å²) < 4.78 is 0. The van der Waals surface area contributed by atoms with Crippen LogP contribution in [0.15, 0.2) is 35.7 Å². The van der Waals surface area contributed by atoms with Gasteiger partial charge in [0, 0.05) is 24.4 Å². The molecule has 3 aromatic rings. The number of nitrogens with one attached hydrogen (secondary N) is 1. The molecule has 0 unspecified atom stereocenters. The summed E-state index contributed by atoms with van der Waals surface area (Å²) in [6.07, 6.45) is 3.68. The Morgan fingerprint density at radius 2 is 2.00 bits per heavy atom. The summed E-state index contributed by atoms with van der Waals surface area (Å²) in [4.78, 5) is 10.6. The van der Waals surface area contributed by atoms with Crippen molar-refractivity contribution in [3.8, 4) is 11.1 Å². The molecule has 4 heteroatoms. The second-order valence-corrected chi connectivity index (χ2v) is 6.44. The number of hydrogen-bond donors (Lipinski definition) is 1. The number of fused-ring (bicyclic) bond motifs is 1. The second-order valence-electron chi connectivity index (χ2n) is 5.58. The van der Waals surface area contributed by atoms with Gasteiger partial charge in [-0.2, -0.15) is 0 Å². The van der Waals surface area contributed by atoms with Crippen molar-refractivity contribution in [2.45, 2.75) is 19.3 Å². The van der Waals surface area contributed by atoms with E-state index in [4.69, 9.17) is 9.97 Å². The molecule has 106 valence electrons. The molecule has 0 saturated heterocycles. The second kappa shape index (κ2) is 5.11. The lowest BCUT2D eigenvalue weighted by Gasteiger charge is -2.07. The summed E-state index contributed by atoms with van der Waals surface area (Å²) in [6.45, 7) is 0. The number of anilines is 1. The van der Waals surface area contributed by atoms with Gasteiger partial charge in [0.25, 0.3) is 0 Å². The van der Waals surface area contributed by atoms with E-state index in [-0.39, 0.29) is 0 Å². The van der Waals surface area contributed by atoms with Gasteiger partial charge in [-0.1, -0.05) is 30.3 Å². The number of thiophene rings is 1. The highest BCUT2D eigenvalue weighted by Gasteiger charge is 2.24. The van der Waals surface area contributed by atoms with E-state index in [0.717, 1.165) is 34.2 Å². The van der Waals surface area contributed by atoms with Gasteiger partial charge in [-0.15, -0.1) is 11.3 Å². The summed E-state index contributed by atoms with van der Waals surface area (Å²) in [6, 6.07) is 10.5. The maximum atomic E-state index is 4.78. The van der Waals surface area contributed by atoms with Crippen molar-refractivity contribution in [1.82, 2.24) is 9.97 Å². The zero-order valence-corrected chi connectivity index (χ0v) is 12.8. The van der Waals surface area contributed by atoms with Crippen molar-refractivity contribution in [3.63, 3.8) is 0 Å². The predicted molar refractivity (Wildman–Crippen MR) is 88.8 cm³/mol. The van der Waals surface area contributed by atoms with E-state index < -0.39 is 0 Å². The molecule has 1 fully saturated rings. The molecule has 2 aromatic heterocycles. The van der Waals surface area contributed by atoms with Gasteiger partial charge in [-0.3, -0.25) is 0 Å². The Balaban J connectivity index is 1.86. The summed E-state index contributed by atoms with van der Waals surface area (Å²) in [5.74, 6) is 2.74. The minimum atomic E-state index is 0.806. The normalized spacial score (nSPS) is 14.5. The third kappa shape index (κ3) is 2.40. The number of rotatable bonds is 4. The summed E-state index contributed by atoms with van der Waals surface area (Å²) in [7, 11) is 1.94. The molecule has 0 atom stereocenters. The van der Waals surface area contributed by atoms with Crippen molar-refractivity contribution in [3.05, 3.63) is 41.5 Å². The highest BCUT2D eigenvalue weighted by atomic mass is 32.1. The van der Waals surface area contributed by atoms with E-state index in [0.29, 0.717) is 0 Å². The molecular formula is C17H17N3S. The van der Waals surface area contributed by atoms with Gasteiger partial charge >= 0.3 is 0 Å². The van der Waals surface area contributed by atoms with Crippen LogP contribution in [0.25, 0.3) is 21.3 Å². The standard InChI is InChI=1S/C17H17N3S/c1-18-16-15-13(12-5-3-2-4-6-12)10-21-17(15)20-14(19-16)9-11-7-8-11/h2-6,10-11H,7-9H2,1H3,(H,18,19,20). The van der Waals surface area contributed by atoms with Crippen molar-refractivity contribution in [2.75, 3.05) is 12.4 Å². The van der Waals surface area contributed by atoms with E-state index in [1.807, 2.05) is 13.1 Å². The van der Waals surface area contributed by atoms with E-state index in [1.165, 1.54) is 24.0 Å². The summed E-state index contributed by atoms with van der Waals surface area (Å²) in [5.41, 5.74) is 2.44. The monoisotopic (exact) mass is 295 g/mol. The zero-order chi connectivity index (χ0) is 14.2. The van der Waals surface area contributed by atoms with Gasteiger partial charge in [-0.25, -0.2) is 9.97 Å². The van der Waals surface area contributed by atoms with E-state index >= 15 is 0 Å². The van der Waals surface area contributed by atoms with Crippen LogP contribution in [-0.2, 0) is 6.42 Å². The van der Waals surface area contributed by atoms with Gasteiger partial charge in [0.2, 0.25) is 0 Å². The van der Waals surface area contributed by atoms with E-state index in [9.17, 15) is 0 Å². The minimum absolute atomic E-state index is 0.806. The molecule has 0 spiro atoms. The van der Waals surface area contributed by atoms with Crippen LogP contribution < -0.4 is 5.32 Å². The largest absolute Gasteiger partial charge is 0.372 e. The number of benzene rings is 1. The highest BCUT2D eigenvalue weighted by molar-refractivity contribution is 7.17. The lowest BCUT2D eigenvalue weighted by molar-refractivity contribution is 0.778. The van der Waals surface area contributed by atoms with Gasteiger partial charge in [0.05, 0.1) is 5.39 Å². The minimum Gasteiger partial charge on any atom is -0.372 e. The lowest BCUT2D eigenvalue weighted by atomic mass is 10.1. The maximum Gasteiger partial charge on any atom is 0.138 e. The molecule has 0 radical (unpaired) electrons. The van der Waals surface area contributed by atoms with Crippen LogP contribution in [0.1, 0.15) is 18.7 Å². The molecule has 2 heterocycles. The summed E-state index contributed by atoms with van der Waals surface area (Å²) in [5, 5.41) is 6.59. The van der Waals surface area contributed by atoms with Gasteiger partial charge < -0.3 is 5.32 Å². The molecule has 21 heavy (non-hydrogen) atoms. The number of hydrogen-bond acceptors (Lipinski definition) is 4. The first kappa shape index (κ1) is 12.8. The first-order valence-electron chi connectivity index (χ1n) is 7.36. The maximum absolute atomic E-state index is 4.78. The van der Waals surface area contributed by atoms with Crippen LogP contribution in [0.5, 0.6) is 0 Å². The summed E-state index contributed by atoms with van der Waals surface area (Å²) >= 11 is 1.71. The average Bonchev–Trinajstić information content (AvgIpc) is 3.23. The fraction of sp³-hybridized carbons (Fsp3) is 0.294. The van der Waals surface area contributed by atoms with Crippen molar-refractivity contribution < 1.29 is 0 Å². The average molecular weight is 295 g/mol. The topological polar surface area (TPSA) is 37.8 Å². The molecule has 1 N–H and O–H groups in total. The molecule has 1 aliphatic rings. The smallest absolute Gasteiger partial charge is 0.138 e. The fourth-order valence-corrected chi connectivity index (χ4v) is 3.63. The molecule has 4 rings (SSSR count). The first-order chi connectivity index (χ1) is 10.3. The first-order valence-corrected chi connectivity index (χ1v) is 8.24. The predicted octanol–water partition coefficient (Wildman–Crippen LogP) is 4.35. The van der Waals surface area contributed by atoms with Gasteiger partial charge in [0.1, 0.15) is 16.5 Å². The molecular weight excluding hydrogens is 278 g/mol. The van der Waals surface area contributed by atoms with Crippen LogP contribution >= 0.6 is 11.3 Å². The van der Waals surface area contributed by atoms with Crippen molar-refractivity contribution in [2.24, 2.45) is 5.92 Å². The van der Waals surface area contributed by atoms with E-state index in [2.05, 4.69) is 35.0 Å². The molecule has 0 aliphatic heterocycles.